The first-order valence-corrected chi connectivity index (χ1v) is 13.9. The molecule has 5 amide bonds. The van der Waals surface area contributed by atoms with Crippen LogP contribution >= 0.6 is 0 Å². The Hall–Kier alpha value is -4.99. The molecule has 0 radical (unpaired) electrons. The standard InChI is InChI=1S/C28H40N8O8/c1-4-14(2)23(27(42)35-21(28(43)44)10-17-12-31-13-32-17)36-24(39)15(3)33-26(41)20(9-16-5-7-18(37)8-6-16)34-25(40)19(29)11-22(30)38/h5-8,12-15,19-21,23,37H,4,9-11,29H2,1-3H3,(H2,30,38)(H,31,32)(H,33,41)(H,34,40)(H,35,42)(H,36,39)(H,43,44)/t14-,15-,19-,20-,21-,23-/m0/s1. The molecule has 0 spiro atoms. The Balaban J connectivity index is 2.15. The molecule has 0 aliphatic rings. The Kier molecular flexibility index (Phi) is 13.3. The average Bonchev–Trinajstić information content (AvgIpc) is 3.48. The van der Waals surface area contributed by atoms with E-state index >= 15 is 0 Å². The van der Waals surface area contributed by atoms with Crippen molar-refractivity contribution in [3.8, 4) is 5.75 Å². The number of carbonyl (C=O) groups excluding carboxylic acids is 5. The van der Waals surface area contributed by atoms with Gasteiger partial charge in [-0.05, 0) is 30.5 Å². The number of amides is 5. The van der Waals surface area contributed by atoms with Gasteiger partial charge >= 0.3 is 5.97 Å². The van der Waals surface area contributed by atoms with Crippen molar-refractivity contribution in [2.24, 2.45) is 17.4 Å². The van der Waals surface area contributed by atoms with Crippen molar-refractivity contribution in [3.63, 3.8) is 0 Å². The second-order valence-electron chi connectivity index (χ2n) is 10.5. The number of carboxylic acids is 1. The second-order valence-corrected chi connectivity index (χ2v) is 10.5. The lowest BCUT2D eigenvalue weighted by atomic mass is 9.97. The maximum atomic E-state index is 13.3. The summed E-state index contributed by atoms with van der Waals surface area (Å²) in [4.78, 5) is 81.7. The molecule has 1 heterocycles. The van der Waals surface area contributed by atoms with Gasteiger partial charge in [0, 0.05) is 24.7 Å². The number of phenols is 1. The van der Waals surface area contributed by atoms with Gasteiger partial charge in [0.05, 0.1) is 18.8 Å². The number of nitrogens with zero attached hydrogens (tertiary/aromatic N) is 1. The molecule has 0 unspecified atom stereocenters. The van der Waals surface area contributed by atoms with E-state index in [2.05, 4.69) is 31.2 Å². The SMILES string of the molecule is CC[C@H](C)[C@H](NC(=O)[C@H](C)NC(=O)[C@H](Cc1ccc(O)cc1)NC(=O)[C@@H](N)CC(N)=O)C(=O)N[C@@H](Cc1cnc[nH]1)C(=O)O. The number of nitrogens with two attached hydrogens (primary N) is 2. The fraction of sp³-hybridized carbons (Fsp3) is 0.464. The highest BCUT2D eigenvalue weighted by Crippen LogP contribution is 2.13. The number of aromatic hydroxyl groups is 1. The van der Waals surface area contributed by atoms with E-state index in [1.165, 1.54) is 43.7 Å². The number of aromatic nitrogens is 2. The normalized spacial score (nSPS) is 15.0. The molecule has 44 heavy (non-hydrogen) atoms. The summed E-state index contributed by atoms with van der Waals surface area (Å²) < 4.78 is 0. The quantitative estimate of drug-likeness (QED) is 0.0961. The van der Waals surface area contributed by atoms with E-state index in [0.717, 1.165) is 0 Å². The van der Waals surface area contributed by atoms with Crippen LogP contribution in [-0.2, 0) is 41.6 Å². The van der Waals surface area contributed by atoms with Crippen molar-refractivity contribution in [1.82, 2.24) is 31.2 Å². The van der Waals surface area contributed by atoms with Crippen molar-refractivity contribution < 1.29 is 39.0 Å². The lowest BCUT2D eigenvalue weighted by Gasteiger charge is -2.27. The van der Waals surface area contributed by atoms with E-state index in [1.54, 1.807) is 13.8 Å². The van der Waals surface area contributed by atoms with Gasteiger partial charge in [0.25, 0.3) is 0 Å². The first-order valence-electron chi connectivity index (χ1n) is 13.9. The minimum absolute atomic E-state index is 0.0107. The number of aliphatic carboxylic acids is 1. The number of nitrogens with one attached hydrogen (secondary N) is 5. The third kappa shape index (κ3) is 11.0. The third-order valence-electron chi connectivity index (χ3n) is 6.91. The highest BCUT2D eigenvalue weighted by molar-refractivity contribution is 5.96. The summed E-state index contributed by atoms with van der Waals surface area (Å²) in [7, 11) is 0. The lowest BCUT2D eigenvalue weighted by Crippen LogP contribution is -2.59. The molecule has 1 aromatic heterocycles. The number of imidazole rings is 1. The monoisotopic (exact) mass is 616 g/mol. The molecule has 0 saturated heterocycles. The van der Waals surface area contributed by atoms with Crippen LogP contribution in [0.1, 0.15) is 44.9 Å². The van der Waals surface area contributed by atoms with Gasteiger partial charge in [-0.3, -0.25) is 24.0 Å². The Morgan fingerprint density at radius 2 is 1.52 bits per heavy atom. The van der Waals surface area contributed by atoms with E-state index in [9.17, 15) is 39.0 Å². The first kappa shape index (κ1) is 35.2. The van der Waals surface area contributed by atoms with Crippen molar-refractivity contribution in [1.29, 1.82) is 0 Å². The van der Waals surface area contributed by atoms with Crippen LogP contribution in [0, 0.1) is 5.92 Å². The molecule has 16 nitrogen and oxygen atoms in total. The Bertz CT molecular complexity index is 1300. The molecule has 2 rings (SSSR count). The minimum Gasteiger partial charge on any atom is -0.508 e. The molecular formula is C28H40N8O8. The molecule has 0 fully saturated rings. The smallest absolute Gasteiger partial charge is 0.326 e. The summed E-state index contributed by atoms with van der Waals surface area (Å²) in [6, 6.07) is -0.324. The van der Waals surface area contributed by atoms with Gasteiger partial charge in [0.15, 0.2) is 0 Å². The van der Waals surface area contributed by atoms with Crippen LogP contribution in [0.15, 0.2) is 36.8 Å². The Labute approximate surface area is 253 Å². The van der Waals surface area contributed by atoms with Gasteiger partial charge in [-0.25, -0.2) is 9.78 Å². The number of H-pyrrole nitrogens is 1. The number of aromatic amines is 1. The van der Waals surface area contributed by atoms with Crippen LogP contribution in [0.3, 0.4) is 0 Å². The van der Waals surface area contributed by atoms with Crippen molar-refractivity contribution in [2.75, 3.05) is 0 Å². The average molecular weight is 617 g/mol. The number of hydrogen-bond acceptors (Lipinski definition) is 9. The molecule has 0 bridgehead atoms. The topological polar surface area (TPSA) is 272 Å². The summed E-state index contributed by atoms with van der Waals surface area (Å²) in [5.74, 6) is -5.56. The number of phenolic OH excluding ortho intramolecular Hbond substituents is 1. The van der Waals surface area contributed by atoms with Crippen LogP contribution in [-0.4, -0.2) is 85.9 Å². The Morgan fingerprint density at radius 3 is 2.07 bits per heavy atom. The van der Waals surface area contributed by atoms with E-state index in [-0.39, 0.29) is 18.6 Å². The number of carbonyl (C=O) groups is 6. The van der Waals surface area contributed by atoms with Crippen molar-refractivity contribution in [2.45, 2.75) is 76.7 Å². The second kappa shape index (κ2) is 16.6. The minimum atomic E-state index is -1.32. The van der Waals surface area contributed by atoms with Gasteiger partial charge in [-0.2, -0.15) is 0 Å². The molecule has 0 aliphatic carbocycles. The predicted molar refractivity (Wildman–Crippen MR) is 156 cm³/mol. The van der Waals surface area contributed by atoms with Crippen LogP contribution in [0.5, 0.6) is 5.75 Å². The molecule has 2 aromatic rings. The molecule has 1 aromatic carbocycles. The zero-order chi connectivity index (χ0) is 33.0. The summed E-state index contributed by atoms with van der Waals surface area (Å²) in [5, 5.41) is 29.2. The van der Waals surface area contributed by atoms with E-state index in [4.69, 9.17) is 11.5 Å². The number of primary amides is 1. The van der Waals surface area contributed by atoms with Crippen LogP contribution in [0.2, 0.25) is 0 Å². The largest absolute Gasteiger partial charge is 0.508 e. The van der Waals surface area contributed by atoms with Crippen LogP contribution in [0.25, 0.3) is 0 Å². The molecule has 240 valence electrons. The van der Waals surface area contributed by atoms with Gasteiger partial charge in [-0.15, -0.1) is 0 Å². The zero-order valence-electron chi connectivity index (χ0n) is 24.7. The van der Waals surface area contributed by atoms with Crippen molar-refractivity contribution in [3.05, 3.63) is 48.0 Å². The number of benzene rings is 1. The summed E-state index contributed by atoms with van der Waals surface area (Å²) >= 11 is 0. The molecular weight excluding hydrogens is 576 g/mol. The van der Waals surface area contributed by atoms with Crippen molar-refractivity contribution >= 4 is 35.5 Å². The van der Waals surface area contributed by atoms with Crippen LogP contribution < -0.4 is 32.7 Å². The predicted octanol–water partition coefficient (Wildman–Crippen LogP) is -1.81. The summed E-state index contributed by atoms with van der Waals surface area (Å²) in [6.07, 6.45) is 2.70. The zero-order valence-corrected chi connectivity index (χ0v) is 24.7. The highest BCUT2D eigenvalue weighted by atomic mass is 16.4. The fourth-order valence-electron chi connectivity index (χ4n) is 4.10. The molecule has 6 atom stereocenters. The third-order valence-corrected chi connectivity index (χ3v) is 6.91. The van der Waals surface area contributed by atoms with Gasteiger partial charge < -0.3 is 47.9 Å². The van der Waals surface area contributed by atoms with E-state index in [0.29, 0.717) is 17.7 Å². The maximum absolute atomic E-state index is 13.3. The number of rotatable bonds is 17. The Morgan fingerprint density at radius 1 is 0.886 bits per heavy atom. The molecule has 0 saturated carbocycles. The number of carboxylic acid groups (broad SMARTS) is 1. The van der Waals surface area contributed by atoms with Gasteiger partial charge in [0.2, 0.25) is 29.5 Å². The summed E-state index contributed by atoms with van der Waals surface area (Å²) in [6.45, 7) is 4.87. The van der Waals surface area contributed by atoms with Gasteiger partial charge in [-0.1, -0.05) is 32.4 Å². The van der Waals surface area contributed by atoms with Gasteiger partial charge in [0.1, 0.15) is 29.9 Å². The molecule has 0 aliphatic heterocycles. The lowest BCUT2D eigenvalue weighted by molar-refractivity contribution is -0.142. The van der Waals surface area contributed by atoms with E-state index < -0.39 is 78.1 Å². The van der Waals surface area contributed by atoms with Crippen LogP contribution in [0.4, 0.5) is 0 Å². The van der Waals surface area contributed by atoms with E-state index in [1.807, 2.05) is 0 Å². The summed E-state index contributed by atoms with van der Waals surface area (Å²) in [5.41, 5.74) is 11.9. The number of hydrogen-bond donors (Lipinski definition) is 9. The first-order chi connectivity index (χ1) is 20.7. The maximum Gasteiger partial charge on any atom is 0.326 e. The molecule has 11 N–H and O–H groups in total. The molecule has 16 heteroatoms. The fourth-order valence-corrected chi connectivity index (χ4v) is 4.10. The highest BCUT2D eigenvalue weighted by Gasteiger charge is 2.32.